The van der Waals surface area contributed by atoms with Gasteiger partial charge in [0.2, 0.25) is 0 Å². The van der Waals surface area contributed by atoms with E-state index in [1.54, 1.807) is 0 Å². The number of hydrogen-bond donors (Lipinski definition) is 2. The van der Waals surface area contributed by atoms with Gasteiger partial charge in [-0.3, -0.25) is 9.59 Å². The Kier molecular flexibility index (Phi) is 4.00. The molecule has 0 bridgehead atoms. The summed E-state index contributed by atoms with van der Waals surface area (Å²) in [7, 11) is 0. The summed E-state index contributed by atoms with van der Waals surface area (Å²) in [6.07, 6.45) is 1.13. The average molecular weight is 208 g/mol. The zero-order valence-corrected chi connectivity index (χ0v) is 8.14. The van der Waals surface area contributed by atoms with Crippen molar-refractivity contribution in [2.24, 2.45) is 0 Å². The number of Topliss-reactive ketones (excluding diaryl/α,β-unsaturated/α-hetero) is 1. The van der Waals surface area contributed by atoms with Gasteiger partial charge < -0.3 is 10.2 Å². The third-order valence-corrected chi connectivity index (χ3v) is 2.04. The van der Waals surface area contributed by atoms with Crippen LogP contribution >= 0.6 is 0 Å². The van der Waals surface area contributed by atoms with Crippen LogP contribution in [0.3, 0.4) is 0 Å². The van der Waals surface area contributed by atoms with Crippen molar-refractivity contribution < 1.29 is 19.8 Å². The Labute approximate surface area is 87.2 Å². The van der Waals surface area contributed by atoms with Crippen LogP contribution in [0.4, 0.5) is 0 Å². The Balaban J connectivity index is 2.86. The maximum Gasteiger partial charge on any atom is 0.162 e. The highest BCUT2D eigenvalue weighted by molar-refractivity contribution is 5.98. The highest BCUT2D eigenvalue weighted by Gasteiger charge is 2.08. The summed E-state index contributed by atoms with van der Waals surface area (Å²) in [5.74, 6) is -0.282. The van der Waals surface area contributed by atoms with Crippen molar-refractivity contribution in [2.45, 2.75) is 12.8 Å². The van der Waals surface area contributed by atoms with Crippen molar-refractivity contribution in [3.8, 4) is 5.75 Å². The van der Waals surface area contributed by atoms with Gasteiger partial charge in [-0.15, -0.1) is 0 Å². The molecule has 1 aromatic rings. The lowest BCUT2D eigenvalue weighted by atomic mass is 10.0. The summed E-state index contributed by atoms with van der Waals surface area (Å²) >= 11 is 0. The summed E-state index contributed by atoms with van der Waals surface area (Å²) < 4.78 is 0. The number of phenols is 1. The molecule has 0 unspecified atom stereocenters. The summed E-state index contributed by atoms with van der Waals surface area (Å²) in [6.45, 7) is -0.0373. The number of ketones is 1. The van der Waals surface area contributed by atoms with Gasteiger partial charge in [-0.1, -0.05) is 0 Å². The molecule has 0 saturated carbocycles. The van der Waals surface area contributed by atoms with E-state index >= 15 is 0 Å². The number of benzene rings is 1. The molecule has 0 radical (unpaired) electrons. The van der Waals surface area contributed by atoms with Crippen LogP contribution in [0.25, 0.3) is 0 Å². The molecule has 80 valence electrons. The lowest BCUT2D eigenvalue weighted by Crippen LogP contribution is -2.01. The molecule has 0 saturated heterocycles. The molecular weight excluding hydrogens is 196 g/mol. The quantitative estimate of drug-likeness (QED) is 0.562. The molecule has 0 aliphatic heterocycles. The van der Waals surface area contributed by atoms with Crippen LogP contribution < -0.4 is 0 Å². The van der Waals surface area contributed by atoms with E-state index in [0.29, 0.717) is 18.3 Å². The number of phenolic OH excluding ortho intramolecular Hbond substituents is 1. The molecule has 4 heteroatoms. The second kappa shape index (κ2) is 5.26. The van der Waals surface area contributed by atoms with E-state index in [9.17, 15) is 14.7 Å². The molecule has 0 heterocycles. The third-order valence-electron chi connectivity index (χ3n) is 2.04. The van der Waals surface area contributed by atoms with Crippen molar-refractivity contribution in [3.05, 3.63) is 29.3 Å². The fourth-order valence-corrected chi connectivity index (χ4v) is 1.21. The molecule has 1 rings (SSSR count). The predicted molar refractivity (Wildman–Crippen MR) is 54.1 cm³/mol. The number of aliphatic hydroxyl groups is 1. The normalized spacial score (nSPS) is 9.93. The van der Waals surface area contributed by atoms with Crippen LogP contribution in [0, 0.1) is 0 Å². The first-order valence-electron chi connectivity index (χ1n) is 4.61. The fourth-order valence-electron chi connectivity index (χ4n) is 1.21. The van der Waals surface area contributed by atoms with Gasteiger partial charge in [-0.2, -0.15) is 0 Å². The van der Waals surface area contributed by atoms with Crippen LogP contribution in [-0.4, -0.2) is 28.9 Å². The Morgan fingerprint density at radius 1 is 1.40 bits per heavy atom. The standard InChI is InChI=1S/C11H12O4/c12-5-1-2-10(14)8-3-4-11(15)9(6-8)7-13/h3-4,6-7,12,15H,1-2,5H2. The zero-order valence-electron chi connectivity index (χ0n) is 8.14. The monoisotopic (exact) mass is 208 g/mol. The Hall–Kier alpha value is -1.68. The first-order valence-corrected chi connectivity index (χ1v) is 4.61. The number of rotatable bonds is 5. The minimum Gasteiger partial charge on any atom is -0.507 e. The van der Waals surface area contributed by atoms with Gasteiger partial charge in [0.25, 0.3) is 0 Å². The van der Waals surface area contributed by atoms with Gasteiger partial charge in [0.15, 0.2) is 12.1 Å². The molecule has 0 fully saturated rings. The summed E-state index contributed by atoms with van der Waals surface area (Å²) in [4.78, 5) is 22.0. The third kappa shape index (κ3) is 2.89. The minimum atomic E-state index is -0.146. The number of carbonyl (C=O) groups is 2. The molecule has 0 amide bonds. The molecule has 15 heavy (non-hydrogen) atoms. The predicted octanol–water partition coefficient (Wildman–Crippen LogP) is 1.16. The van der Waals surface area contributed by atoms with Crippen LogP contribution in [0.2, 0.25) is 0 Å². The van der Waals surface area contributed by atoms with Crippen molar-refractivity contribution in [1.29, 1.82) is 0 Å². The van der Waals surface area contributed by atoms with Gasteiger partial charge in [-0.05, 0) is 24.6 Å². The van der Waals surface area contributed by atoms with E-state index in [1.165, 1.54) is 18.2 Å². The van der Waals surface area contributed by atoms with Gasteiger partial charge >= 0.3 is 0 Å². The maximum atomic E-state index is 11.5. The van der Waals surface area contributed by atoms with Crippen molar-refractivity contribution in [3.63, 3.8) is 0 Å². The number of aldehydes is 1. The maximum absolute atomic E-state index is 11.5. The first-order chi connectivity index (χ1) is 7.19. The molecule has 0 spiro atoms. The van der Waals surface area contributed by atoms with E-state index in [4.69, 9.17) is 5.11 Å². The lowest BCUT2D eigenvalue weighted by molar-refractivity contribution is 0.0971. The highest BCUT2D eigenvalue weighted by atomic mass is 16.3. The van der Waals surface area contributed by atoms with Crippen LogP contribution in [0.15, 0.2) is 18.2 Å². The van der Waals surface area contributed by atoms with Gasteiger partial charge in [-0.25, -0.2) is 0 Å². The number of aromatic hydroxyl groups is 1. The SMILES string of the molecule is O=Cc1cc(C(=O)CCCO)ccc1O. The minimum absolute atomic E-state index is 0.0373. The van der Waals surface area contributed by atoms with E-state index in [0.717, 1.165) is 0 Å². The second-order valence-electron chi connectivity index (χ2n) is 3.14. The average Bonchev–Trinajstić information content (AvgIpc) is 2.26. The molecule has 0 aliphatic carbocycles. The van der Waals surface area contributed by atoms with Crippen molar-refractivity contribution in [1.82, 2.24) is 0 Å². The van der Waals surface area contributed by atoms with E-state index in [2.05, 4.69) is 0 Å². The van der Waals surface area contributed by atoms with Crippen LogP contribution in [-0.2, 0) is 0 Å². The molecule has 0 atom stereocenters. The van der Waals surface area contributed by atoms with Crippen LogP contribution in [0.1, 0.15) is 33.6 Å². The molecule has 0 aliphatic rings. The Morgan fingerprint density at radius 2 is 2.13 bits per heavy atom. The number of aliphatic hydroxyl groups excluding tert-OH is 1. The zero-order chi connectivity index (χ0) is 11.3. The first kappa shape index (κ1) is 11.4. The molecule has 0 aromatic heterocycles. The molecule has 1 aromatic carbocycles. The number of hydrogen-bond acceptors (Lipinski definition) is 4. The topological polar surface area (TPSA) is 74.6 Å². The molecule has 2 N–H and O–H groups in total. The van der Waals surface area contributed by atoms with Crippen molar-refractivity contribution >= 4 is 12.1 Å². The Morgan fingerprint density at radius 3 is 2.73 bits per heavy atom. The van der Waals surface area contributed by atoms with Crippen LogP contribution in [0.5, 0.6) is 5.75 Å². The smallest absolute Gasteiger partial charge is 0.162 e. The van der Waals surface area contributed by atoms with Crippen molar-refractivity contribution in [2.75, 3.05) is 6.61 Å². The van der Waals surface area contributed by atoms with Gasteiger partial charge in [0, 0.05) is 18.6 Å². The molecular formula is C11H12O4. The lowest BCUT2D eigenvalue weighted by Gasteiger charge is -2.02. The summed E-state index contributed by atoms with van der Waals surface area (Å²) in [6, 6.07) is 4.12. The second-order valence-corrected chi connectivity index (χ2v) is 3.14. The largest absolute Gasteiger partial charge is 0.507 e. The highest BCUT2D eigenvalue weighted by Crippen LogP contribution is 2.17. The molecule has 4 nitrogen and oxygen atoms in total. The fraction of sp³-hybridized carbons (Fsp3) is 0.273. The summed E-state index contributed by atoms with van der Waals surface area (Å²) in [5.41, 5.74) is 0.480. The number of carbonyl (C=O) groups excluding carboxylic acids is 2. The van der Waals surface area contributed by atoms with E-state index in [-0.39, 0.29) is 30.1 Å². The van der Waals surface area contributed by atoms with E-state index < -0.39 is 0 Å². The summed E-state index contributed by atoms with van der Waals surface area (Å²) in [5, 5.41) is 17.8. The van der Waals surface area contributed by atoms with Gasteiger partial charge in [0.1, 0.15) is 5.75 Å². The van der Waals surface area contributed by atoms with Gasteiger partial charge in [0.05, 0.1) is 5.56 Å². The Bertz CT molecular complexity index is 371. The van der Waals surface area contributed by atoms with E-state index in [1.807, 2.05) is 0 Å².